The van der Waals surface area contributed by atoms with Gasteiger partial charge in [-0.2, -0.15) is 4.57 Å². The molecular formula is C40H32N5+. The molecule has 0 amide bonds. The molecule has 0 radical (unpaired) electrons. The number of benzene rings is 4. The van der Waals surface area contributed by atoms with Crippen LogP contribution in [0, 0.1) is 0 Å². The average Bonchev–Trinajstić information content (AvgIpc) is 3.69. The lowest BCUT2D eigenvalue weighted by Gasteiger charge is -2.51. The number of pyridine rings is 1. The monoisotopic (exact) mass is 582 g/mol. The van der Waals surface area contributed by atoms with E-state index < -0.39 is 5.54 Å². The third-order valence-corrected chi connectivity index (χ3v) is 12.5. The van der Waals surface area contributed by atoms with E-state index in [1.807, 2.05) is 0 Å². The molecule has 0 saturated carbocycles. The Labute approximate surface area is 261 Å². The van der Waals surface area contributed by atoms with Crippen LogP contribution < -0.4 is 14.4 Å². The fraction of sp³-hybridized carbons (Fsp3) is 0.225. The number of anilines is 4. The highest BCUT2D eigenvalue weighted by Gasteiger charge is 2.69. The number of likely N-dealkylation sites (N-methyl/N-ethyl adjacent to an activating group) is 1. The number of hydrogen-bond donors (Lipinski definition) is 0. The quantitative estimate of drug-likeness (QED) is 0.170. The van der Waals surface area contributed by atoms with Gasteiger partial charge in [0.2, 0.25) is 5.54 Å². The molecule has 12 rings (SSSR count). The standard InChI is InChI=1S/C40H32N5/c1-38(2)24-11-6-7-14-28(24)44-30-17-15-23-22-10-8-12-25-33(22)45-34(23)32(30)40(43-19-9-13-27(36(43)45)39(25,3)4)31-29(18-16-26(38)35(31)44)42-21-20-41(5)37(40)42/h6-21,37H,1-5H3/q+1. The molecule has 6 aromatic rings. The third kappa shape index (κ3) is 2.06. The first-order chi connectivity index (χ1) is 21.8. The van der Waals surface area contributed by atoms with Crippen LogP contribution in [0.4, 0.5) is 22.7 Å². The minimum Gasteiger partial charge on any atom is -0.354 e. The van der Waals surface area contributed by atoms with E-state index in [-0.39, 0.29) is 17.0 Å². The van der Waals surface area contributed by atoms with E-state index in [1.54, 1.807) is 0 Å². The van der Waals surface area contributed by atoms with Crippen LogP contribution in [0.2, 0.25) is 0 Å². The van der Waals surface area contributed by atoms with Crippen molar-refractivity contribution in [3.8, 4) is 5.82 Å². The van der Waals surface area contributed by atoms with Gasteiger partial charge < -0.3 is 14.7 Å². The van der Waals surface area contributed by atoms with Gasteiger partial charge in [0.05, 0.1) is 45.6 Å². The maximum Gasteiger partial charge on any atom is 0.292 e. The fourth-order valence-corrected chi connectivity index (χ4v) is 10.7. The molecule has 5 nitrogen and oxygen atoms in total. The molecule has 2 aromatic heterocycles. The van der Waals surface area contributed by atoms with Gasteiger partial charge in [0.25, 0.3) is 5.82 Å². The zero-order chi connectivity index (χ0) is 29.9. The van der Waals surface area contributed by atoms with Gasteiger partial charge in [-0.15, -0.1) is 0 Å². The summed E-state index contributed by atoms with van der Waals surface area (Å²) in [6.07, 6.45) is 7.04. The zero-order valence-electron chi connectivity index (χ0n) is 26.1. The SMILES string of the molecule is CN1C=CN2c3ccc4c5c3C3(c6c(ccc7c8cccc9c8n(c67)-c6c(ccc[n+]63)C9(C)C)N5c3ccccc3C4(C)C)C12. The van der Waals surface area contributed by atoms with E-state index in [2.05, 4.69) is 156 Å². The van der Waals surface area contributed by atoms with Gasteiger partial charge in [0.1, 0.15) is 5.52 Å². The van der Waals surface area contributed by atoms with Crippen molar-refractivity contribution in [3.05, 3.63) is 131 Å². The molecule has 0 saturated heterocycles. The van der Waals surface area contributed by atoms with Crippen LogP contribution in [0.15, 0.2) is 97.5 Å². The van der Waals surface area contributed by atoms with Gasteiger partial charge in [0.15, 0.2) is 11.7 Å². The topological polar surface area (TPSA) is 18.5 Å². The molecule has 2 unspecified atom stereocenters. The molecule has 5 heteroatoms. The molecule has 6 aliphatic rings. The molecule has 6 aliphatic heterocycles. The molecule has 0 aliphatic carbocycles. The van der Waals surface area contributed by atoms with Crippen molar-refractivity contribution in [2.45, 2.75) is 50.2 Å². The Morgan fingerprint density at radius 2 is 1.38 bits per heavy atom. The van der Waals surface area contributed by atoms with Crippen LogP contribution in [-0.2, 0) is 16.4 Å². The Balaban J connectivity index is 1.41. The summed E-state index contributed by atoms with van der Waals surface area (Å²) in [6.45, 7) is 9.66. The predicted octanol–water partition coefficient (Wildman–Crippen LogP) is 7.80. The lowest BCUT2D eigenvalue weighted by Crippen LogP contribution is -2.71. The number of rotatable bonds is 0. The molecule has 0 bridgehead atoms. The van der Waals surface area contributed by atoms with Crippen LogP contribution in [0.3, 0.4) is 0 Å². The Bertz CT molecular complexity index is 2500. The molecule has 2 atom stereocenters. The summed E-state index contributed by atoms with van der Waals surface area (Å²) in [5.74, 6) is 1.32. The highest BCUT2D eigenvalue weighted by molar-refractivity contribution is 6.15. The molecule has 45 heavy (non-hydrogen) atoms. The fourth-order valence-electron chi connectivity index (χ4n) is 10.7. The number of hydrogen-bond acceptors (Lipinski definition) is 3. The largest absolute Gasteiger partial charge is 0.354 e. The van der Waals surface area contributed by atoms with Crippen molar-refractivity contribution in [3.63, 3.8) is 0 Å². The van der Waals surface area contributed by atoms with Gasteiger partial charge in [-0.3, -0.25) is 0 Å². The Morgan fingerprint density at radius 3 is 2.27 bits per heavy atom. The van der Waals surface area contributed by atoms with Crippen molar-refractivity contribution in [2.24, 2.45) is 0 Å². The second kappa shape index (κ2) is 6.64. The van der Waals surface area contributed by atoms with E-state index in [1.165, 1.54) is 83.8 Å². The predicted molar refractivity (Wildman–Crippen MR) is 179 cm³/mol. The van der Waals surface area contributed by atoms with Gasteiger partial charge in [0, 0.05) is 46.6 Å². The van der Waals surface area contributed by atoms with Gasteiger partial charge in [-0.1, -0.05) is 64.1 Å². The normalized spacial score (nSPS) is 23.7. The Hall–Kier alpha value is -5.03. The minimum atomic E-state index is -0.462. The minimum absolute atomic E-state index is 0.0681. The maximum atomic E-state index is 2.70. The molecular weight excluding hydrogens is 550 g/mol. The van der Waals surface area contributed by atoms with E-state index in [9.17, 15) is 0 Å². The molecule has 1 spiro atoms. The van der Waals surface area contributed by atoms with Crippen molar-refractivity contribution >= 4 is 44.6 Å². The zero-order valence-corrected chi connectivity index (χ0v) is 26.1. The first-order valence-corrected chi connectivity index (χ1v) is 16.2. The number of aromatic nitrogens is 2. The molecule has 4 aromatic carbocycles. The van der Waals surface area contributed by atoms with Crippen molar-refractivity contribution in [2.75, 3.05) is 16.8 Å². The summed E-state index contributed by atoms with van der Waals surface area (Å²) >= 11 is 0. The lowest BCUT2D eigenvalue weighted by molar-refractivity contribution is -0.743. The van der Waals surface area contributed by atoms with Crippen LogP contribution in [0.5, 0.6) is 0 Å². The first kappa shape index (κ1) is 23.4. The second-order valence-corrected chi connectivity index (χ2v) is 15.0. The summed E-state index contributed by atoms with van der Waals surface area (Å²) in [6, 6.07) is 30.5. The number of nitrogens with zero attached hydrogens (tertiary/aromatic N) is 5. The van der Waals surface area contributed by atoms with Gasteiger partial charge >= 0.3 is 0 Å². The Kier molecular flexibility index (Phi) is 3.45. The van der Waals surface area contributed by atoms with Gasteiger partial charge in [-0.25, -0.2) is 4.57 Å². The summed E-state index contributed by atoms with van der Waals surface area (Å²) in [4.78, 5) is 7.64. The van der Waals surface area contributed by atoms with Crippen molar-refractivity contribution in [1.29, 1.82) is 0 Å². The summed E-state index contributed by atoms with van der Waals surface area (Å²) in [5, 5.41) is 2.70. The van der Waals surface area contributed by atoms with Crippen molar-refractivity contribution < 1.29 is 4.57 Å². The van der Waals surface area contributed by atoms with Gasteiger partial charge in [-0.05, 0) is 53.6 Å². The van der Waals surface area contributed by atoms with Crippen molar-refractivity contribution in [1.82, 2.24) is 9.47 Å². The number of fused-ring (bicyclic) bond motifs is 6. The van der Waals surface area contributed by atoms with Crippen LogP contribution in [0.1, 0.15) is 61.1 Å². The first-order valence-electron chi connectivity index (χ1n) is 16.2. The smallest absolute Gasteiger partial charge is 0.292 e. The summed E-state index contributed by atoms with van der Waals surface area (Å²) in [7, 11) is 2.27. The average molecular weight is 583 g/mol. The molecule has 0 fully saturated rings. The van der Waals surface area contributed by atoms with Crippen LogP contribution >= 0.6 is 0 Å². The second-order valence-electron chi connectivity index (χ2n) is 15.0. The van der Waals surface area contributed by atoms with E-state index in [0.29, 0.717) is 0 Å². The van der Waals surface area contributed by atoms with Crippen LogP contribution in [-0.4, -0.2) is 22.7 Å². The van der Waals surface area contributed by atoms with E-state index in [0.717, 1.165) is 0 Å². The highest BCUT2D eigenvalue weighted by atomic mass is 15.5. The Morgan fingerprint density at radius 1 is 0.622 bits per heavy atom. The lowest BCUT2D eigenvalue weighted by atomic mass is 9.67. The molecule has 0 N–H and O–H groups in total. The maximum absolute atomic E-state index is 2.70. The number of para-hydroxylation sites is 2. The summed E-state index contributed by atoms with van der Waals surface area (Å²) < 4.78 is 5.34. The molecule has 8 heterocycles. The summed E-state index contributed by atoms with van der Waals surface area (Å²) in [5.41, 5.74) is 15.7. The van der Waals surface area contributed by atoms with E-state index in [4.69, 9.17) is 0 Å². The van der Waals surface area contributed by atoms with E-state index >= 15 is 0 Å². The molecule has 216 valence electrons. The van der Waals surface area contributed by atoms with Crippen LogP contribution in [0.25, 0.3) is 27.6 Å². The highest BCUT2D eigenvalue weighted by Crippen LogP contribution is 2.68. The third-order valence-electron chi connectivity index (χ3n) is 12.5.